The van der Waals surface area contributed by atoms with Gasteiger partial charge in [-0.3, -0.25) is 0 Å². The molecule has 0 amide bonds. The standard InChI is InChI=1S/C14H14O3/c1-17-14(13(15)16)9-5-8-12(10-14)11-6-3-2-4-7-11/h2-9H,10H2,1H3,(H,15,16). The highest BCUT2D eigenvalue weighted by atomic mass is 16.5. The van der Waals surface area contributed by atoms with E-state index >= 15 is 0 Å². The third-order valence-corrected chi connectivity index (χ3v) is 2.99. The van der Waals surface area contributed by atoms with Crippen molar-refractivity contribution in [3.05, 3.63) is 54.1 Å². The lowest BCUT2D eigenvalue weighted by Crippen LogP contribution is -2.39. The smallest absolute Gasteiger partial charge is 0.340 e. The molecule has 1 N–H and O–H groups in total. The Morgan fingerprint density at radius 3 is 2.65 bits per heavy atom. The van der Waals surface area contributed by atoms with Crippen molar-refractivity contribution < 1.29 is 14.6 Å². The molecule has 1 atom stereocenters. The number of carboxylic acid groups (broad SMARTS) is 1. The van der Waals surface area contributed by atoms with Crippen LogP contribution >= 0.6 is 0 Å². The molecule has 2 rings (SSSR count). The Balaban J connectivity index is 2.32. The van der Waals surface area contributed by atoms with Crippen LogP contribution in [-0.2, 0) is 9.53 Å². The van der Waals surface area contributed by atoms with Gasteiger partial charge >= 0.3 is 5.97 Å². The highest BCUT2D eigenvalue weighted by Gasteiger charge is 2.38. The molecule has 0 aliphatic heterocycles. The van der Waals surface area contributed by atoms with Crippen LogP contribution in [0, 0.1) is 0 Å². The third kappa shape index (κ3) is 2.15. The van der Waals surface area contributed by atoms with E-state index in [9.17, 15) is 9.90 Å². The quantitative estimate of drug-likeness (QED) is 0.867. The molecule has 3 heteroatoms. The van der Waals surface area contributed by atoms with Gasteiger partial charge < -0.3 is 9.84 Å². The van der Waals surface area contributed by atoms with Crippen LogP contribution in [0.2, 0.25) is 0 Å². The Morgan fingerprint density at radius 1 is 1.35 bits per heavy atom. The molecule has 0 aromatic heterocycles. The fourth-order valence-electron chi connectivity index (χ4n) is 1.95. The lowest BCUT2D eigenvalue weighted by molar-refractivity contribution is -0.155. The fourth-order valence-corrected chi connectivity index (χ4v) is 1.95. The topological polar surface area (TPSA) is 46.5 Å². The highest BCUT2D eigenvalue weighted by Crippen LogP contribution is 2.32. The summed E-state index contributed by atoms with van der Waals surface area (Å²) in [6.07, 6.45) is 5.60. The van der Waals surface area contributed by atoms with Gasteiger partial charge in [-0.05, 0) is 17.2 Å². The van der Waals surface area contributed by atoms with Crippen molar-refractivity contribution in [2.45, 2.75) is 12.0 Å². The molecule has 0 heterocycles. The van der Waals surface area contributed by atoms with E-state index < -0.39 is 11.6 Å². The van der Waals surface area contributed by atoms with E-state index in [1.54, 1.807) is 12.2 Å². The molecule has 1 aromatic carbocycles. The maximum absolute atomic E-state index is 11.3. The van der Waals surface area contributed by atoms with E-state index in [4.69, 9.17) is 4.74 Å². The van der Waals surface area contributed by atoms with Crippen LogP contribution in [0.25, 0.3) is 5.57 Å². The van der Waals surface area contributed by atoms with Gasteiger partial charge in [0.05, 0.1) is 0 Å². The van der Waals surface area contributed by atoms with E-state index in [-0.39, 0.29) is 0 Å². The van der Waals surface area contributed by atoms with Crippen molar-refractivity contribution in [1.29, 1.82) is 0 Å². The van der Waals surface area contributed by atoms with Crippen LogP contribution in [0.4, 0.5) is 0 Å². The Morgan fingerprint density at radius 2 is 2.06 bits per heavy atom. The zero-order chi connectivity index (χ0) is 12.3. The molecule has 1 aliphatic carbocycles. The summed E-state index contributed by atoms with van der Waals surface area (Å²) in [7, 11) is 1.42. The minimum atomic E-state index is -1.24. The number of carboxylic acids is 1. The first-order valence-electron chi connectivity index (χ1n) is 5.40. The van der Waals surface area contributed by atoms with Gasteiger partial charge in [0.1, 0.15) is 0 Å². The second kappa shape index (κ2) is 4.55. The number of benzene rings is 1. The molecule has 17 heavy (non-hydrogen) atoms. The maximum Gasteiger partial charge on any atom is 0.340 e. The van der Waals surface area contributed by atoms with Gasteiger partial charge in [0, 0.05) is 13.5 Å². The molecule has 0 spiro atoms. The van der Waals surface area contributed by atoms with Crippen LogP contribution in [0.5, 0.6) is 0 Å². The van der Waals surface area contributed by atoms with Gasteiger partial charge in [-0.15, -0.1) is 0 Å². The van der Waals surface area contributed by atoms with Crippen LogP contribution in [0.15, 0.2) is 48.6 Å². The second-order valence-corrected chi connectivity index (χ2v) is 3.99. The first-order valence-corrected chi connectivity index (χ1v) is 5.40. The predicted octanol–water partition coefficient (Wildman–Crippen LogP) is 2.50. The number of carbonyl (C=O) groups is 1. The number of hydrogen-bond donors (Lipinski definition) is 1. The van der Waals surface area contributed by atoms with Crippen molar-refractivity contribution in [2.75, 3.05) is 7.11 Å². The summed E-state index contributed by atoms with van der Waals surface area (Å²) in [4.78, 5) is 11.3. The number of aliphatic carboxylic acids is 1. The maximum atomic E-state index is 11.3. The van der Waals surface area contributed by atoms with E-state index in [1.807, 2.05) is 36.4 Å². The van der Waals surface area contributed by atoms with Gasteiger partial charge in [-0.25, -0.2) is 4.79 Å². The SMILES string of the molecule is COC1(C(=O)O)C=CC=C(c2ccccc2)C1. The largest absolute Gasteiger partial charge is 0.479 e. The first kappa shape index (κ1) is 11.6. The summed E-state index contributed by atoms with van der Waals surface area (Å²) in [6, 6.07) is 9.73. The zero-order valence-electron chi connectivity index (χ0n) is 9.59. The Bertz CT molecular complexity index is 474. The van der Waals surface area contributed by atoms with E-state index in [1.165, 1.54) is 7.11 Å². The Kier molecular flexibility index (Phi) is 3.11. The minimum Gasteiger partial charge on any atom is -0.479 e. The number of rotatable bonds is 3. The molecule has 0 radical (unpaired) electrons. The molecule has 1 aromatic rings. The molecule has 88 valence electrons. The highest BCUT2D eigenvalue weighted by molar-refractivity contribution is 5.85. The van der Waals surface area contributed by atoms with Gasteiger partial charge in [-0.1, -0.05) is 42.5 Å². The van der Waals surface area contributed by atoms with Gasteiger partial charge in [0.2, 0.25) is 0 Å². The molecule has 0 fully saturated rings. The Hall–Kier alpha value is -1.87. The average molecular weight is 230 g/mol. The van der Waals surface area contributed by atoms with E-state index in [0.29, 0.717) is 6.42 Å². The van der Waals surface area contributed by atoms with Gasteiger partial charge in [-0.2, -0.15) is 0 Å². The minimum absolute atomic E-state index is 0.347. The Labute approximate surface area is 100 Å². The first-order chi connectivity index (χ1) is 8.18. The summed E-state index contributed by atoms with van der Waals surface area (Å²) in [5.41, 5.74) is 0.761. The average Bonchev–Trinajstić information content (AvgIpc) is 2.39. The second-order valence-electron chi connectivity index (χ2n) is 3.99. The van der Waals surface area contributed by atoms with Gasteiger partial charge in [0.15, 0.2) is 5.60 Å². The predicted molar refractivity (Wildman–Crippen MR) is 65.6 cm³/mol. The van der Waals surface area contributed by atoms with Crippen LogP contribution in [0.1, 0.15) is 12.0 Å². The zero-order valence-corrected chi connectivity index (χ0v) is 9.59. The molecule has 3 nitrogen and oxygen atoms in total. The summed E-state index contributed by atoms with van der Waals surface area (Å²) in [6.45, 7) is 0. The number of hydrogen-bond acceptors (Lipinski definition) is 2. The van der Waals surface area contributed by atoms with Crippen molar-refractivity contribution in [3.8, 4) is 0 Å². The normalized spacial score (nSPS) is 23.2. The molecule has 0 bridgehead atoms. The monoisotopic (exact) mass is 230 g/mol. The van der Waals surface area contributed by atoms with Crippen LogP contribution in [0.3, 0.4) is 0 Å². The lowest BCUT2D eigenvalue weighted by Gasteiger charge is -2.28. The molecule has 0 saturated heterocycles. The summed E-state index contributed by atoms with van der Waals surface area (Å²) < 4.78 is 5.16. The van der Waals surface area contributed by atoms with Crippen molar-refractivity contribution in [3.63, 3.8) is 0 Å². The summed E-state index contributed by atoms with van der Waals surface area (Å²) >= 11 is 0. The molecule has 1 unspecified atom stereocenters. The van der Waals surface area contributed by atoms with E-state index in [0.717, 1.165) is 11.1 Å². The third-order valence-electron chi connectivity index (χ3n) is 2.99. The molecular formula is C14H14O3. The van der Waals surface area contributed by atoms with E-state index in [2.05, 4.69) is 0 Å². The number of allylic oxidation sites excluding steroid dienone is 2. The molecule has 1 aliphatic rings. The summed E-state index contributed by atoms with van der Waals surface area (Å²) in [5, 5.41) is 9.25. The molecular weight excluding hydrogens is 216 g/mol. The van der Waals surface area contributed by atoms with Crippen LogP contribution in [-0.4, -0.2) is 23.8 Å². The fraction of sp³-hybridized carbons (Fsp3) is 0.214. The molecule has 0 saturated carbocycles. The van der Waals surface area contributed by atoms with Crippen molar-refractivity contribution >= 4 is 11.5 Å². The van der Waals surface area contributed by atoms with Crippen LogP contribution < -0.4 is 0 Å². The van der Waals surface area contributed by atoms with Crippen molar-refractivity contribution in [1.82, 2.24) is 0 Å². The lowest BCUT2D eigenvalue weighted by atomic mass is 9.86. The van der Waals surface area contributed by atoms with Crippen molar-refractivity contribution in [2.24, 2.45) is 0 Å². The van der Waals surface area contributed by atoms with Gasteiger partial charge in [0.25, 0.3) is 0 Å². The number of ether oxygens (including phenoxy) is 1. The number of methoxy groups -OCH3 is 1. The summed E-state index contributed by atoms with van der Waals surface area (Å²) in [5.74, 6) is -0.960.